The summed E-state index contributed by atoms with van der Waals surface area (Å²) in [6, 6.07) is 15.8. The van der Waals surface area contributed by atoms with E-state index in [1.165, 1.54) is 24.9 Å². The summed E-state index contributed by atoms with van der Waals surface area (Å²) in [6.45, 7) is 1.75. The molecule has 0 aliphatic carbocycles. The Kier molecular flexibility index (Phi) is 5.90. The third kappa shape index (κ3) is 4.11. The molecule has 1 atom stereocenters. The van der Waals surface area contributed by atoms with Crippen LogP contribution < -0.4 is 10.9 Å². The molecule has 0 spiro atoms. The number of methoxy groups -OCH3 is 1. The summed E-state index contributed by atoms with van der Waals surface area (Å²) in [6.07, 6.45) is 0. The number of ether oxygens (including phenoxy) is 1. The second kappa shape index (κ2) is 8.77. The Bertz CT molecular complexity index is 1220. The van der Waals surface area contributed by atoms with Crippen molar-refractivity contribution in [2.24, 2.45) is 0 Å². The van der Waals surface area contributed by atoms with Gasteiger partial charge in [0, 0.05) is 11.4 Å². The normalized spacial score (nSPS) is 15.3. The minimum absolute atomic E-state index is 0.306. The zero-order chi connectivity index (χ0) is 22.0. The minimum Gasteiger partial charge on any atom is -0.466 e. The van der Waals surface area contributed by atoms with Crippen molar-refractivity contribution >= 4 is 23.5 Å². The lowest BCUT2D eigenvalue weighted by molar-refractivity contribution is -0.136. The summed E-state index contributed by atoms with van der Waals surface area (Å²) in [5.41, 5.74) is 2.21. The molecule has 4 rings (SSSR count). The third-order valence-electron chi connectivity index (χ3n) is 5.08. The van der Waals surface area contributed by atoms with Gasteiger partial charge in [-0.2, -0.15) is 0 Å². The van der Waals surface area contributed by atoms with Gasteiger partial charge in [-0.15, -0.1) is 0 Å². The van der Waals surface area contributed by atoms with Crippen molar-refractivity contribution in [3.8, 4) is 0 Å². The molecule has 31 heavy (non-hydrogen) atoms. The van der Waals surface area contributed by atoms with E-state index < -0.39 is 11.9 Å². The number of hydrogen-bond acceptors (Lipinski definition) is 6. The maximum atomic E-state index is 13.9. The highest BCUT2D eigenvalue weighted by Crippen LogP contribution is 2.40. The van der Waals surface area contributed by atoms with Crippen molar-refractivity contribution in [2.45, 2.75) is 23.8 Å². The molecule has 0 radical (unpaired) electrons. The van der Waals surface area contributed by atoms with E-state index in [4.69, 9.17) is 4.74 Å². The highest BCUT2D eigenvalue weighted by molar-refractivity contribution is 7.98. The van der Waals surface area contributed by atoms with E-state index in [0.717, 1.165) is 5.56 Å². The van der Waals surface area contributed by atoms with Gasteiger partial charge in [0.15, 0.2) is 5.16 Å². The Morgan fingerprint density at radius 2 is 1.87 bits per heavy atom. The van der Waals surface area contributed by atoms with Crippen LogP contribution in [0.15, 0.2) is 75.8 Å². The molecular weight excluding hydrogens is 417 g/mol. The van der Waals surface area contributed by atoms with Crippen molar-refractivity contribution in [3.05, 3.63) is 98.7 Å². The van der Waals surface area contributed by atoms with E-state index in [1.807, 2.05) is 30.3 Å². The summed E-state index contributed by atoms with van der Waals surface area (Å²) >= 11 is 1.23. The number of esters is 1. The molecule has 0 saturated carbocycles. The first-order valence-corrected chi connectivity index (χ1v) is 10.6. The van der Waals surface area contributed by atoms with E-state index in [9.17, 15) is 14.0 Å². The van der Waals surface area contributed by atoms with Gasteiger partial charge in [0.2, 0.25) is 0 Å². The molecular formula is C23H20FN3O3S. The Morgan fingerprint density at radius 3 is 2.58 bits per heavy atom. The summed E-state index contributed by atoms with van der Waals surface area (Å²) in [5, 5.41) is 3.44. The first-order chi connectivity index (χ1) is 15.0. The monoisotopic (exact) mass is 437 g/mol. The van der Waals surface area contributed by atoms with Crippen LogP contribution in [0.5, 0.6) is 0 Å². The molecule has 0 bridgehead atoms. The number of aromatic amines is 1. The van der Waals surface area contributed by atoms with Gasteiger partial charge in [-0.25, -0.2) is 14.2 Å². The lowest BCUT2D eigenvalue weighted by Crippen LogP contribution is -2.30. The van der Waals surface area contributed by atoms with Crippen LogP contribution in [0.2, 0.25) is 0 Å². The number of hydrogen-bond donors (Lipinski definition) is 2. The van der Waals surface area contributed by atoms with E-state index >= 15 is 0 Å². The van der Waals surface area contributed by atoms with Crippen LogP contribution in [0.4, 0.5) is 10.2 Å². The van der Waals surface area contributed by atoms with Gasteiger partial charge in [-0.3, -0.25) is 4.79 Å². The van der Waals surface area contributed by atoms with Crippen molar-refractivity contribution < 1.29 is 13.9 Å². The van der Waals surface area contributed by atoms with Gasteiger partial charge in [0.25, 0.3) is 5.56 Å². The topological polar surface area (TPSA) is 84.1 Å². The van der Waals surface area contributed by atoms with Gasteiger partial charge in [0.1, 0.15) is 11.6 Å². The van der Waals surface area contributed by atoms with E-state index in [-0.39, 0.29) is 11.4 Å². The van der Waals surface area contributed by atoms with Crippen molar-refractivity contribution in [3.63, 3.8) is 0 Å². The van der Waals surface area contributed by atoms with Crippen LogP contribution in [0.25, 0.3) is 0 Å². The molecule has 1 aromatic heterocycles. The van der Waals surface area contributed by atoms with Gasteiger partial charge >= 0.3 is 5.97 Å². The maximum Gasteiger partial charge on any atom is 0.336 e. The van der Waals surface area contributed by atoms with Crippen LogP contribution in [0, 0.1) is 5.82 Å². The van der Waals surface area contributed by atoms with Crippen molar-refractivity contribution in [1.82, 2.24) is 9.97 Å². The van der Waals surface area contributed by atoms with Gasteiger partial charge in [-0.1, -0.05) is 60.3 Å². The van der Waals surface area contributed by atoms with E-state index in [2.05, 4.69) is 15.3 Å². The third-order valence-corrected chi connectivity index (χ3v) is 6.00. The summed E-state index contributed by atoms with van der Waals surface area (Å²) in [5.74, 6) is -0.745. The number of carbonyl (C=O) groups is 1. The number of nitrogens with zero attached hydrogens (tertiary/aromatic N) is 1. The van der Waals surface area contributed by atoms with Gasteiger partial charge in [-0.05, 0) is 24.1 Å². The summed E-state index contributed by atoms with van der Waals surface area (Å²) in [7, 11) is 1.31. The van der Waals surface area contributed by atoms with Crippen LogP contribution in [0.3, 0.4) is 0 Å². The fourth-order valence-electron chi connectivity index (χ4n) is 3.62. The van der Waals surface area contributed by atoms with Gasteiger partial charge < -0.3 is 15.0 Å². The standard InChI is InChI=1S/C23H20FN3O3S/c1-13-17(22(29)30-2)18(14-8-4-3-5-9-14)19-20(25-13)26-23(27-21(19)28)31-12-15-10-6-7-11-16(15)24/h3-11,18H,12H2,1-2H3,(H2,25,26,27,28). The average Bonchev–Trinajstić information content (AvgIpc) is 2.77. The molecule has 2 aromatic carbocycles. The molecule has 158 valence electrons. The molecule has 8 heteroatoms. The van der Waals surface area contributed by atoms with Crippen LogP contribution in [-0.2, 0) is 15.3 Å². The number of nitrogens with one attached hydrogen (secondary N) is 2. The fourth-order valence-corrected chi connectivity index (χ4v) is 4.47. The SMILES string of the molecule is COC(=O)C1=C(C)Nc2nc(SCc3ccccc3F)[nH]c(=O)c2C1c1ccccc1. The Labute approximate surface area is 182 Å². The Balaban J connectivity index is 1.76. The smallest absolute Gasteiger partial charge is 0.336 e. The van der Waals surface area contributed by atoms with Crippen molar-refractivity contribution in [2.75, 3.05) is 12.4 Å². The molecule has 6 nitrogen and oxygen atoms in total. The van der Waals surface area contributed by atoms with Crippen LogP contribution >= 0.6 is 11.8 Å². The zero-order valence-electron chi connectivity index (χ0n) is 16.9. The number of benzene rings is 2. The van der Waals surface area contributed by atoms with Crippen LogP contribution in [0.1, 0.15) is 29.5 Å². The summed E-state index contributed by atoms with van der Waals surface area (Å²) < 4.78 is 18.9. The number of anilines is 1. The largest absolute Gasteiger partial charge is 0.466 e. The average molecular weight is 437 g/mol. The lowest BCUT2D eigenvalue weighted by atomic mass is 9.82. The first kappa shape index (κ1) is 20.9. The molecule has 2 heterocycles. The summed E-state index contributed by atoms with van der Waals surface area (Å²) in [4.78, 5) is 33.0. The van der Waals surface area contributed by atoms with Crippen molar-refractivity contribution in [1.29, 1.82) is 0 Å². The number of thioether (sulfide) groups is 1. The molecule has 1 aliphatic rings. The second-order valence-electron chi connectivity index (χ2n) is 7.01. The number of rotatable bonds is 5. The van der Waals surface area contributed by atoms with E-state index in [0.29, 0.717) is 39.1 Å². The Hall–Kier alpha value is -3.39. The minimum atomic E-state index is -0.619. The number of aromatic nitrogens is 2. The quantitative estimate of drug-likeness (QED) is 0.354. The first-order valence-electron chi connectivity index (χ1n) is 9.61. The molecule has 2 N–H and O–H groups in total. The fraction of sp³-hybridized carbons (Fsp3) is 0.174. The number of halogens is 1. The predicted molar refractivity (Wildman–Crippen MR) is 117 cm³/mol. The van der Waals surface area contributed by atoms with E-state index in [1.54, 1.807) is 25.1 Å². The number of fused-ring (bicyclic) bond motifs is 1. The van der Waals surface area contributed by atoms with Gasteiger partial charge in [0.05, 0.1) is 24.2 Å². The molecule has 0 fully saturated rings. The number of allylic oxidation sites excluding steroid dienone is 1. The molecule has 3 aromatic rings. The highest BCUT2D eigenvalue weighted by Gasteiger charge is 2.36. The Morgan fingerprint density at radius 1 is 1.16 bits per heavy atom. The molecule has 1 aliphatic heterocycles. The molecule has 1 unspecified atom stereocenters. The maximum absolute atomic E-state index is 13.9. The van der Waals surface area contributed by atoms with Crippen LogP contribution in [-0.4, -0.2) is 23.0 Å². The predicted octanol–water partition coefficient (Wildman–Crippen LogP) is 4.21. The highest BCUT2D eigenvalue weighted by atomic mass is 32.2. The zero-order valence-corrected chi connectivity index (χ0v) is 17.8. The number of carbonyl (C=O) groups excluding carboxylic acids is 1. The number of H-pyrrole nitrogens is 1. The molecule has 0 saturated heterocycles. The second-order valence-corrected chi connectivity index (χ2v) is 7.98. The lowest BCUT2D eigenvalue weighted by Gasteiger charge is -2.28. The molecule has 0 amide bonds.